The maximum Gasteiger partial charge on any atom is 0.411 e. The molecule has 13 nitrogen and oxygen atoms in total. The van der Waals surface area contributed by atoms with Gasteiger partial charge in [0.05, 0.1) is 24.2 Å². The number of nitro benzene ring substituents is 1. The third-order valence-corrected chi connectivity index (χ3v) is 15.4. The summed E-state index contributed by atoms with van der Waals surface area (Å²) in [5, 5.41) is 11.9. The lowest BCUT2D eigenvalue weighted by Crippen LogP contribution is -2.60. The van der Waals surface area contributed by atoms with Crippen molar-refractivity contribution >= 4 is 36.0 Å². The molecule has 2 heterocycles. The quantitative estimate of drug-likeness (QED) is 0.166. The number of sulfonamides is 1. The van der Waals surface area contributed by atoms with Gasteiger partial charge in [-0.15, -0.1) is 0 Å². The van der Waals surface area contributed by atoms with Crippen LogP contribution >= 0.6 is 0 Å². The predicted octanol–water partition coefficient (Wildman–Crippen LogP) is 5.58. The summed E-state index contributed by atoms with van der Waals surface area (Å²) in [6.45, 7) is 16.3. The van der Waals surface area contributed by atoms with E-state index in [9.17, 15) is 28.1 Å². The van der Waals surface area contributed by atoms with Gasteiger partial charge >= 0.3 is 6.09 Å². The van der Waals surface area contributed by atoms with Crippen LogP contribution in [0.1, 0.15) is 53.5 Å². The molecule has 0 aliphatic carbocycles. The number of nitrogens with zero attached hydrogens (tertiary/aromatic N) is 4. The first kappa shape index (κ1) is 37.4. The number of hydrogen-bond acceptors (Lipinski definition) is 9. The highest BCUT2D eigenvalue weighted by atomic mass is 32.2. The van der Waals surface area contributed by atoms with Gasteiger partial charge in [0.2, 0.25) is 5.91 Å². The highest BCUT2D eigenvalue weighted by Crippen LogP contribution is 2.39. The number of carbonyl (C=O) groups excluding carboxylic acids is 2. The average Bonchev–Trinajstić information content (AvgIpc) is 3.30. The van der Waals surface area contributed by atoms with Crippen LogP contribution in [0.4, 0.5) is 10.5 Å². The molecule has 2 saturated heterocycles. The van der Waals surface area contributed by atoms with E-state index in [1.807, 2.05) is 6.07 Å². The largest absolute Gasteiger partial charge is 0.444 e. The SMILES string of the molecule is CC(C)(C)OC(=O)N1C[C@H](N(OCc2ccccc2)S(=O)(=O)c2ccccc2[N+](=O)[O-])C[C@H]2CN(CCO[Si](C)(C)C(C)(C)C)C(=O)[C@H]21. The van der Waals surface area contributed by atoms with Gasteiger partial charge in [0, 0.05) is 31.6 Å². The number of nitro groups is 1. The van der Waals surface area contributed by atoms with E-state index < -0.39 is 63.5 Å². The van der Waals surface area contributed by atoms with Gasteiger partial charge in [0.25, 0.3) is 15.7 Å². The molecule has 15 heteroatoms. The van der Waals surface area contributed by atoms with E-state index in [1.165, 1.54) is 17.0 Å². The van der Waals surface area contributed by atoms with E-state index in [0.29, 0.717) is 18.7 Å². The Morgan fingerprint density at radius 3 is 2.25 bits per heavy atom. The summed E-state index contributed by atoms with van der Waals surface area (Å²) in [7, 11) is -6.74. The molecule has 2 aliphatic heterocycles. The normalized spacial score (nSPS) is 20.6. The van der Waals surface area contributed by atoms with Crippen molar-refractivity contribution in [3.63, 3.8) is 0 Å². The van der Waals surface area contributed by atoms with Crippen LogP contribution in [0.25, 0.3) is 0 Å². The van der Waals surface area contributed by atoms with Gasteiger partial charge < -0.3 is 14.1 Å². The second-order valence-electron chi connectivity index (χ2n) is 14.9. The summed E-state index contributed by atoms with van der Waals surface area (Å²) in [6.07, 6.45) is -0.606. The molecule has 2 aromatic carbocycles. The van der Waals surface area contributed by atoms with Gasteiger partial charge in [0.1, 0.15) is 11.6 Å². The Bertz CT molecular complexity index is 1590. The minimum absolute atomic E-state index is 0.0146. The van der Waals surface area contributed by atoms with Crippen LogP contribution in [-0.2, 0) is 35.4 Å². The Morgan fingerprint density at radius 1 is 1.02 bits per heavy atom. The molecular weight excluding hydrogens is 657 g/mol. The first-order valence-corrected chi connectivity index (χ1v) is 20.4. The lowest BCUT2D eigenvalue weighted by Gasteiger charge is -2.42. The molecule has 4 rings (SSSR count). The maximum atomic E-state index is 14.3. The first-order valence-electron chi connectivity index (χ1n) is 16.1. The first-order chi connectivity index (χ1) is 22.2. The van der Waals surface area contributed by atoms with Gasteiger partial charge in [0.15, 0.2) is 13.2 Å². The lowest BCUT2D eigenvalue weighted by molar-refractivity contribution is -0.388. The highest BCUT2D eigenvalue weighted by Gasteiger charge is 2.53. The molecule has 0 N–H and O–H groups in total. The number of ether oxygens (including phenoxy) is 1. The third-order valence-electron chi connectivity index (χ3n) is 9.12. The summed E-state index contributed by atoms with van der Waals surface area (Å²) >= 11 is 0. The number of amides is 2. The molecule has 0 saturated carbocycles. The highest BCUT2D eigenvalue weighted by molar-refractivity contribution is 7.89. The molecule has 3 atom stereocenters. The van der Waals surface area contributed by atoms with Crippen LogP contribution < -0.4 is 0 Å². The number of benzene rings is 2. The monoisotopic (exact) mass is 704 g/mol. The Hall–Kier alpha value is -3.37. The fourth-order valence-corrected chi connectivity index (χ4v) is 8.34. The molecule has 48 heavy (non-hydrogen) atoms. The van der Waals surface area contributed by atoms with Gasteiger partial charge in [-0.1, -0.05) is 67.7 Å². The van der Waals surface area contributed by atoms with Gasteiger partial charge in [-0.2, -0.15) is 0 Å². The van der Waals surface area contributed by atoms with Crippen LogP contribution in [0.3, 0.4) is 0 Å². The molecule has 0 bridgehead atoms. The topological polar surface area (TPSA) is 149 Å². The van der Waals surface area contributed by atoms with Crippen molar-refractivity contribution in [2.24, 2.45) is 5.92 Å². The van der Waals surface area contributed by atoms with Crippen molar-refractivity contribution in [3.8, 4) is 0 Å². The number of likely N-dealkylation sites (tertiary alicyclic amines) is 2. The zero-order chi connectivity index (χ0) is 35.7. The summed E-state index contributed by atoms with van der Waals surface area (Å²) < 4.78 is 41.4. The molecule has 0 aromatic heterocycles. The van der Waals surface area contributed by atoms with Crippen molar-refractivity contribution < 1.29 is 36.9 Å². The van der Waals surface area contributed by atoms with Crippen molar-refractivity contribution in [1.82, 2.24) is 14.3 Å². The van der Waals surface area contributed by atoms with Crippen molar-refractivity contribution in [1.29, 1.82) is 0 Å². The fourth-order valence-electron chi connectivity index (χ4n) is 5.71. The Labute approximate surface area is 284 Å². The standard InChI is InChI=1S/C33H48N4O9SSi/c1-32(2,3)46-31(39)35-22-26(20-25-21-34(30(38)29(25)35)18-19-45-48(7,8)33(4,5)6)37(44-23-24-14-10-9-11-15-24)47(42,43)28-17-13-12-16-27(28)36(40)41/h9-17,25-26,29H,18-23H2,1-8H3/t25-,26+,29-/m0/s1. The summed E-state index contributed by atoms with van der Waals surface area (Å²) in [5.74, 6) is -0.734. The molecule has 2 fully saturated rings. The maximum absolute atomic E-state index is 14.3. The second kappa shape index (κ2) is 14.2. The van der Waals surface area contributed by atoms with Crippen molar-refractivity contribution in [3.05, 3.63) is 70.3 Å². The summed E-state index contributed by atoms with van der Waals surface area (Å²) in [4.78, 5) is 47.2. The van der Waals surface area contributed by atoms with Gasteiger partial charge in [-0.3, -0.25) is 24.6 Å². The summed E-state index contributed by atoms with van der Waals surface area (Å²) in [6, 6.07) is 12.1. The molecule has 0 unspecified atom stereocenters. The summed E-state index contributed by atoms with van der Waals surface area (Å²) in [5.41, 5.74) is -0.827. The Kier molecular flexibility index (Phi) is 11.1. The smallest absolute Gasteiger partial charge is 0.411 e. The number of carbonyl (C=O) groups is 2. The molecular formula is C33H48N4O9SSi. The molecule has 0 radical (unpaired) electrons. The van der Waals surface area contributed by atoms with Crippen LogP contribution in [0, 0.1) is 16.0 Å². The number of piperidine rings is 1. The van der Waals surface area contributed by atoms with Crippen LogP contribution in [0.2, 0.25) is 18.1 Å². The number of hydroxylamine groups is 1. The van der Waals surface area contributed by atoms with Crippen molar-refractivity contribution in [2.45, 2.75) is 95.3 Å². The minimum atomic E-state index is -4.65. The molecule has 2 aliphatic rings. The number of hydrogen-bond donors (Lipinski definition) is 0. The Balaban J connectivity index is 1.70. The number of para-hydroxylation sites is 1. The Morgan fingerprint density at radius 2 is 1.65 bits per heavy atom. The van der Waals surface area contributed by atoms with Crippen LogP contribution in [0.15, 0.2) is 59.5 Å². The average molecular weight is 705 g/mol. The van der Waals surface area contributed by atoms with E-state index in [2.05, 4.69) is 33.9 Å². The van der Waals surface area contributed by atoms with E-state index in [4.69, 9.17) is 14.0 Å². The zero-order valence-electron chi connectivity index (χ0n) is 29.0. The van der Waals surface area contributed by atoms with Crippen molar-refractivity contribution in [2.75, 3.05) is 26.2 Å². The second-order valence-corrected chi connectivity index (χ2v) is 21.4. The molecule has 2 aromatic rings. The van der Waals surface area contributed by atoms with E-state index in [1.54, 1.807) is 49.9 Å². The lowest BCUT2D eigenvalue weighted by atomic mass is 9.89. The van der Waals surface area contributed by atoms with E-state index in [-0.39, 0.29) is 37.1 Å². The van der Waals surface area contributed by atoms with E-state index in [0.717, 1.165) is 16.6 Å². The molecule has 0 spiro atoms. The molecule has 2 amide bonds. The van der Waals surface area contributed by atoms with Crippen LogP contribution in [-0.4, -0.2) is 91.9 Å². The van der Waals surface area contributed by atoms with E-state index >= 15 is 0 Å². The zero-order valence-corrected chi connectivity index (χ0v) is 30.9. The van der Waals surface area contributed by atoms with Gasteiger partial charge in [-0.25, -0.2) is 13.2 Å². The predicted molar refractivity (Wildman–Crippen MR) is 182 cm³/mol. The van der Waals surface area contributed by atoms with Crippen LogP contribution in [0.5, 0.6) is 0 Å². The van der Waals surface area contributed by atoms with Gasteiger partial charge in [-0.05, 0) is 57.0 Å². The molecule has 264 valence electrons. The number of rotatable bonds is 11. The number of fused-ring (bicyclic) bond motifs is 1. The minimum Gasteiger partial charge on any atom is -0.444 e. The fraction of sp³-hybridized carbons (Fsp3) is 0.576. The third kappa shape index (κ3) is 8.43.